The number of hydrogen-bond acceptors (Lipinski definition) is 4. The van der Waals surface area contributed by atoms with Gasteiger partial charge in [-0.15, -0.1) is 0 Å². The molecule has 0 aliphatic rings. The molecule has 0 bridgehead atoms. The van der Waals surface area contributed by atoms with Crippen molar-refractivity contribution in [2.24, 2.45) is 0 Å². The third kappa shape index (κ3) is 2.35. The molecule has 0 aliphatic carbocycles. The van der Waals surface area contributed by atoms with E-state index in [0.717, 1.165) is 4.90 Å². The molecule has 0 saturated heterocycles. The van der Waals surface area contributed by atoms with Gasteiger partial charge in [-0.05, 0) is 15.9 Å². The van der Waals surface area contributed by atoms with Gasteiger partial charge in [0, 0.05) is 13.8 Å². The van der Waals surface area contributed by atoms with Crippen molar-refractivity contribution in [3.05, 3.63) is 17.0 Å². The van der Waals surface area contributed by atoms with Crippen LogP contribution in [0.3, 0.4) is 0 Å². The summed E-state index contributed by atoms with van der Waals surface area (Å²) in [6, 6.07) is 0. The van der Waals surface area contributed by atoms with Gasteiger partial charge in [-0.2, -0.15) is 0 Å². The van der Waals surface area contributed by atoms with Gasteiger partial charge in [0.1, 0.15) is 4.60 Å². The molecule has 1 aromatic rings. The van der Waals surface area contributed by atoms with Crippen LogP contribution in [0.25, 0.3) is 0 Å². The summed E-state index contributed by atoms with van der Waals surface area (Å²) in [4.78, 5) is 30.9. The molecule has 1 aromatic heterocycles. The Labute approximate surface area is 89.3 Å². The van der Waals surface area contributed by atoms with E-state index >= 15 is 0 Å². The fourth-order valence-electron chi connectivity index (χ4n) is 0.965. The van der Waals surface area contributed by atoms with Gasteiger partial charge in [-0.25, -0.2) is 14.9 Å². The van der Waals surface area contributed by atoms with Crippen LogP contribution in [0.5, 0.6) is 0 Å². The number of rotatable bonds is 1. The maximum Gasteiger partial charge on any atom is 0.231 e. The molecule has 0 N–H and O–H groups in total. The lowest BCUT2D eigenvalue weighted by atomic mass is 10.4. The van der Waals surface area contributed by atoms with Crippen LogP contribution in [0.15, 0.2) is 17.0 Å². The van der Waals surface area contributed by atoms with Gasteiger partial charge in [-0.3, -0.25) is 9.59 Å². The number of anilines is 1. The molecule has 2 amide bonds. The van der Waals surface area contributed by atoms with Gasteiger partial charge in [0.25, 0.3) is 0 Å². The summed E-state index contributed by atoms with van der Waals surface area (Å²) in [5.41, 5.74) is 0. The van der Waals surface area contributed by atoms with Crippen LogP contribution in [0.4, 0.5) is 5.82 Å². The molecule has 5 nitrogen and oxygen atoms in total. The summed E-state index contributed by atoms with van der Waals surface area (Å²) >= 11 is 3.11. The largest absolute Gasteiger partial charge is 0.274 e. The number of carbonyl (C=O) groups excluding carboxylic acids is 2. The molecule has 0 saturated carbocycles. The molecule has 1 rings (SSSR count). The van der Waals surface area contributed by atoms with Gasteiger partial charge < -0.3 is 0 Å². The van der Waals surface area contributed by atoms with Crippen molar-refractivity contribution >= 4 is 33.6 Å². The summed E-state index contributed by atoms with van der Waals surface area (Å²) in [5, 5.41) is 0. The average Bonchev–Trinajstić information content (AvgIpc) is 2.07. The highest BCUT2D eigenvalue weighted by atomic mass is 79.9. The Hall–Kier alpha value is -1.30. The minimum absolute atomic E-state index is 0.230. The van der Waals surface area contributed by atoms with Gasteiger partial charge >= 0.3 is 0 Å². The highest BCUT2D eigenvalue weighted by Gasteiger charge is 2.17. The van der Waals surface area contributed by atoms with Gasteiger partial charge in [-0.1, -0.05) is 0 Å². The number of carbonyl (C=O) groups is 2. The minimum Gasteiger partial charge on any atom is -0.274 e. The van der Waals surface area contributed by atoms with Crippen LogP contribution >= 0.6 is 15.9 Å². The average molecular weight is 258 g/mol. The zero-order valence-electron chi connectivity index (χ0n) is 7.69. The summed E-state index contributed by atoms with van der Waals surface area (Å²) in [6.45, 7) is 2.59. The molecule has 0 aromatic carbocycles. The van der Waals surface area contributed by atoms with E-state index in [1.165, 1.54) is 26.2 Å². The molecule has 0 aliphatic heterocycles. The fourth-order valence-corrected chi connectivity index (χ4v) is 1.17. The van der Waals surface area contributed by atoms with Gasteiger partial charge in [0.2, 0.25) is 11.8 Å². The van der Waals surface area contributed by atoms with Crippen LogP contribution in [0.1, 0.15) is 13.8 Å². The van der Waals surface area contributed by atoms with E-state index < -0.39 is 0 Å². The van der Waals surface area contributed by atoms with Crippen LogP contribution in [0, 0.1) is 0 Å². The fraction of sp³-hybridized carbons (Fsp3) is 0.250. The zero-order chi connectivity index (χ0) is 10.7. The smallest absolute Gasteiger partial charge is 0.231 e. The molecule has 14 heavy (non-hydrogen) atoms. The molecule has 0 atom stereocenters. The highest BCUT2D eigenvalue weighted by molar-refractivity contribution is 9.10. The normalized spacial score (nSPS) is 9.64. The van der Waals surface area contributed by atoms with E-state index in [1.807, 2.05) is 0 Å². The number of amides is 2. The molecule has 0 unspecified atom stereocenters. The summed E-state index contributed by atoms with van der Waals surface area (Å²) < 4.78 is 0.549. The van der Waals surface area contributed by atoms with E-state index in [9.17, 15) is 9.59 Å². The Morgan fingerprint density at radius 2 is 1.79 bits per heavy atom. The van der Waals surface area contributed by atoms with Crippen LogP contribution in [-0.4, -0.2) is 21.8 Å². The number of aromatic nitrogens is 2. The van der Waals surface area contributed by atoms with Crippen molar-refractivity contribution in [3.63, 3.8) is 0 Å². The Balaban J connectivity index is 3.06. The highest BCUT2D eigenvalue weighted by Crippen LogP contribution is 2.11. The molecule has 0 spiro atoms. The van der Waals surface area contributed by atoms with E-state index in [1.54, 1.807) is 0 Å². The van der Waals surface area contributed by atoms with Crippen molar-refractivity contribution in [2.45, 2.75) is 13.8 Å². The summed E-state index contributed by atoms with van der Waals surface area (Å²) in [7, 11) is 0. The lowest BCUT2D eigenvalue weighted by Crippen LogP contribution is -2.33. The SMILES string of the molecule is CC(=O)N(C(C)=O)c1cnc(Br)cn1. The first kappa shape index (κ1) is 10.8. The van der Waals surface area contributed by atoms with E-state index in [2.05, 4.69) is 25.9 Å². The first-order valence-electron chi connectivity index (χ1n) is 3.81. The van der Waals surface area contributed by atoms with Crippen molar-refractivity contribution in [1.29, 1.82) is 0 Å². The standard InChI is InChI=1S/C8H8BrN3O2/c1-5(13)12(6(2)14)8-4-10-7(9)3-11-8/h3-4H,1-2H3. The number of hydrogen-bond donors (Lipinski definition) is 0. The number of nitrogens with zero attached hydrogens (tertiary/aromatic N) is 3. The quantitative estimate of drug-likeness (QED) is 0.757. The predicted molar refractivity (Wildman–Crippen MR) is 53.6 cm³/mol. The molecular formula is C8H8BrN3O2. The predicted octanol–water partition coefficient (Wildman–Crippen LogP) is 1.14. The first-order chi connectivity index (χ1) is 6.52. The monoisotopic (exact) mass is 257 g/mol. The minimum atomic E-state index is -0.380. The van der Waals surface area contributed by atoms with E-state index in [-0.39, 0.29) is 17.6 Å². The Kier molecular flexibility index (Phi) is 3.29. The third-order valence-corrected chi connectivity index (χ3v) is 1.88. The molecule has 1 heterocycles. The molecule has 6 heteroatoms. The van der Waals surface area contributed by atoms with Gasteiger partial charge in [0.05, 0.1) is 12.4 Å². The zero-order valence-corrected chi connectivity index (χ0v) is 9.28. The van der Waals surface area contributed by atoms with Crippen LogP contribution in [0.2, 0.25) is 0 Å². The molecular weight excluding hydrogens is 250 g/mol. The second-order valence-corrected chi connectivity index (χ2v) is 3.38. The molecule has 74 valence electrons. The Morgan fingerprint density at radius 1 is 1.21 bits per heavy atom. The Morgan fingerprint density at radius 3 is 2.14 bits per heavy atom. The second kappa shape index (κ2) is 4.28. The molecule has 0 fully saturated rings. The van der Waals surface area contributed by atoms with Crippen molar-refractivity contribution in [2.75, 3.05) is 4.90 Å². The third-order valence-electron chi connectivity index (χ3n) is 1.47. The van der Waals surface area contributed by atoms with Gasteiger partial charge in [0.15, 0.2) is 5.82 Å². The first-order valence-corrected chi connectivity index (χ1v) is 4.60. The Bertz CT molecular complexity index is 349. The van der Waals surface area contributed by atoms with Crippen LogP contribution < -0.4 is 4.90 Å². The van der Waals surface area contributed by atoms with Crippen molar-refractivity contribution in [3.8, 4) is 0 Å². The maximum absolute atomic E-state index is 11.1. The molecule has 0 radical (unpaired) electrons. The number of halogens is 1. The lowest BCUT2D eigenvalue weighted by molar-refractivity contribution is -0.124. The van der Waals surface area contributed by atoms with Crippen molar-refractivity contribution in [1.82, 2.24) is 9.97 Å². The number of imide groups is 1. The van der Waals surface area contributed by atoms with Crippen LogP contribution in [-0.2, 0) is 9.59 Å². The van der Waals surface area contributed by atoms with E-state index in [0.29, 0.717) is 4.60 Å². The topological polar surface area (TPSA) is 63.2 Å². The lowest BCUT2D eigenvalue weighted by Gasteiger charge is -2.14. The maximum atomic E-state index is 11.1. The second-order valence-electron chi connectivity index (χ2n) is 2.57. The summed E-state index contributed by atoms with van der Waals surface area (Å²) in [5.74, 6) is -0.531. The van der Waals surface area contributed by atoms with E-state index in [4.69, 9.17) is 0 Å². The van der Waals surface area contributed by atoms with Crippen molar-refractivity contribution < 1.29 is 9.59 Å². The summed E-state index contributed by atoms with van der Waals surface area (Å²) in [6.07, 6.45) is 2.78.